The highest BCUT2D eigenvalue weighted by Gasteiger charge is 2.39. The molecule has 10 nitrogen and oxygen atoms in total. The van der Waals surface area contributed by atoms with Crippen molar-refractivity contribution in [3.8, 4) is 17.0 Å². The van der Waals surface area contributed by atoms with E-state index in [1.807, 2.05) is 30.3 Å². The zero-order chi connectivity index (χ0) is 24.6. The molecule has 6 rings (SSSR count). The second-order valence-electron chi connectivity index (χ2n) is 9.42. The molecule has 3 aliphatic rings. The van der Waals surface area contributed by atoms with Gasteiger partial charge in [0.15, 0.2) is 5.65 Å². The number of aliphatic hydroxyl groups excluding tert-OH is 1. The van der Waals surface area contributed by atoms with Crippen molar-refractivity contribution in [3.63, 3.8) is 0 Å². The molecule has 190 valence electrons. The van der Waals surface area contributed by atoms with E-state index in [4.69, 9.17) is 33.9 Å². The third kappa shape index (κ3) is 4.13. The van der Waals surface area contributed by atoms with Crippen LogP contribution in [0.5, 0.6) is 5.75 Å². The molecule has 3 aliphatic heterocycles. The molecule has 0 spiro atoms. The van der Waals surface area contributed by atoms with Crippen molar-refractivity contribution >= 4 is 22.8 Å². The third-order valence-electron chi connectivity index (χ3n) is 7.24. The molecule has 0 unspecified atom stereocenters. The first kappa shape index (κ1) is 23.4. The minimum atomic E-state index is -0.113. The van der Waals surface area contributed by atoms with Gasteiger partial charge >= 0.3 is 0 Å². The quantitative estimate of drug-likeness (QED) is 0.568. The van der Waals surface area contributed by atoms with Gasteiger partial charge in [-0.1, -0.05) is 0 Å². The summed E-state index contributed by atoms with van der Waals surface area (Å²) >= 11 is 0. The summed E-state index contributed by atoms with van der Waals surface area (Å²) in [7, 11) is 1.60. The molecule has 0 amide bonds. The number of morpholine rings is 2. The van der Waals surface area contributed by atoms with E-state index in [0.717, 1.165) is 29.0 Å². The molecule has 1 aromatic carbocycles. The molecule has 0 radical (unpaired) electrons. The Morgan fingerprint density at radius 1 is 1.00 bits per heavy atom. The summed E-state index contributed by atoms with van der Waals surface area (Å²) in [6.07, 6.45) is 0.0271. The van der Waals surface area contributed by atoms with Crippen LogP contribution in [0.2, 0.25) is 0 Å². The van der Waals surface area contributed by atoms with Crippen LogP contribution in [0.25, 0.3) is 22.3 Å². The Bertz CT molecular complexity index is 1260. The van der Waals surface area contributed by atoms with E-state index >= 15 is 0 Å². The van der Waals surface area contributed by atoms with Crippen molar-refractivity contribution in [2.24, 2.45) is 0 Å². The van der Waals surface area contributed by atoms with E-state index in [-0.39, 0.29) is 24.8 Å². The van der Waals surface area contributed by atoms with Gasteiger partial charge in [0.1, 0.15) is 17.7 Å². The standard InChI is InChI=1S/C26H31N5O5/c1-16-13-34-9-7-30(16)25-19-4-5-20(17-3-6-22(33-2)18(11-17)12-32)27-24(19)28-26(29-25)31-8-10-36-23-15-35-14-21(23)31/h3-6,11,16,21,23,32H,7-10,12-15H2,1-2H3/t16-,21+,23-/m0/s1. The van der Waals surface area contributed by atoms with Crippen molar-refractivity contribution < 1.29 is 24.1 Å². The van der Waals surface area contributed by atoms with Gasteiger partial charge < -0.3 is 33.9 Å². The fraction of sp³-hybridized carbons (Fsp3) is 0.500. The van der Waals surface area contributed by atoms with Crippen LogP contribution < -0.4 is 14.5 Å². The number of nitrogens with zero attached hydrogens (tertiary/aromatic N) is 5. The molecule has 2 aromatic heterocycles. The number of ether oxygens (including phenoxy) is 4. The van der Waals surface area contributed by atoms with E-state index in [2.05, 4.69) is 16.7 Å². The molecule has 1 N–H and O–H groups in total. The van der Waals surface area contributed by atoms with Gasteiger partial charge in [0, 0.05) is 24.2 Å². The molecule has 10 heteroatoms. The second kappa shape index (κ2) is 9.78. The monoisotopic (exact) mass is 493 g/mol. The van der Waals surface area contributed by atoms with Crippen LogP contribution in [0.1, 0.15) is 12.5 Å². The lowest BCUT2D eigenvalue weighted by Crippen LogP contribution is -2.51. The number of hydrogen-bond donors (Lipinski definition) is 1. The Kier molecular flexibility index (Phi) is 6.34. The van der Waals surface area contributed by atoms with E-state index < -0.39 is 0 Å². The van der Waals surface area contributed by atoms with E-state index in [0.29, 0.717) is 62.5 Å². The maximum absolute atomic E-state index is 9.79. The Hall–Kier alpha value is -3.05. The number of aliphatic hydroxyl groups is 1. The average Bonchev–Trinajstić information content (AvgIpc) is 3.41. The molecule has 3 saturated heterocycles. The topological polar surface area (TPSA) is 102 Å². The summed E-state index contributed by atoms with van der Waals surface area (Å²) in [4.78, 5) is 19.5. The van der Waals surface area contributed by atoms with Gasteiger partial charge in [-0.15, -0.1) is 0 Å². The summed E-state index contributed by atoms with van der Waals surface area (Å²) in [5.41, 5.74) is 3.01. The third-order valence-corrected chi connectivity index (χ3v) is 7.24. The summed E-state index contributed by atoms with van der Waals surface area (Å²) < 4.78 is 22.7. The Balaban J connectivity index is 1.47. The second-order valence-corrected chi connectivity index (χ2v) is 9.42. The summed E-state index contributed by atoms with van der Waals surface area (Å²) in [6.45, 7) is 6.60. The minimum Gasteiger partial charge on any atom is -0.496 e. The zero-order valence-corrected chi connectivity index (χ0v) is 20.6. The predicted molar refractivity (Wildman–Crippen MR) is 135 cm³/mol. The number of hydrogen-bond acceptors (Lipinski definition) is 10. The van der Waals surface area contributed by atoms with Gasteiger partial charge in [0.25, 0.3) is 0 Å². The van der Waals surface area contributed by atoms with Crippen LogP contribution in [-0.4, -0.2) is 91.5 Å². The SMILES string of the molecule is COc1ccc(-c2ccc3c(N4CCOC[C@@H]4C)nc(N4CCO[C@H]5COC[C@H]54)nc3n2)cc1CO. The highest BCUT2D eigenvalue weighted by Crippen LogP contribution is 2.33. The molecule has 0 aliphatic carbocycles. The zero-order valence-electron chi connectivity index (χ0n) is 20.6. The van der Waals surface area contributed by atoms with Gasteiger partial charge in [-0.3, -0.25) is 0 Å². The number of rotatable bonds is 5. The first-order valence-electron chi connectivity index (χ1n) is 12.4. The van der Waals surface area contributed by atoms with Crippen LogP contribution in [0.15, 0.2) is 30.3 Å². The maximum Gasteiger partial charge on any atom is 0.229 e. The molecule has 5 heterocycles. The number of methoxy groups -OCH3 is 1. The van der Waals surface area contributed by atoms with Gasteiger partial charge in [0.2, 0.25) is 5.95 Å². The largest absolute Gasteiger partial charge is 0.496 e. The Labute approximate surface area is 209 Å². The molecular formula is C26H31N5O5. The molecule has 3 fully saturated rings. The van der Waals surface area contributed by atoms with Gasteiger partial charge in [-0.2, -0.15) is 9.97 Å². The predicted octanol–water partition coefficient (Wildman–Crippen LogP) is 2.02. The Morgan fingerprint density at radius 3 is 2.72 bits per heavy atom. The normalized spacial score (nSPS) is 24.2. The number of anilines is 2. The van der Waals surface area contributed by atoms with Gasteiger partial charge in [-0.25, -0.2) is 4.98 Å². The molecule has 3 aromatic rings. The van der Waals surface area contributed by atoms with Crippen molar-refractivity contribution in [2.45, 2.75) is 31.7 Å². The van der Waals surface area contributed by atoms with Gasteiger partial charge in [0.05, 0.1) is 69.9 Å². The molecular weight excluding hydrogens is 462 g/mol. The highest BCUT2D eigenvalue weighted by atomic mass is 16.6. The highest BCUT2D eigenvalue weighted by molar-refractivity contribution is 5.90. The number of benzene rings is 1. The lowest BCUT2D eigenvalue weighted by Gasteiger charge is -2.38. The van der Waals surface area contributed by atoms with Crippen LogP contribution in [0.4, 0.5) is 11.8 Å². The number of fused-ring (bicyclic) bond motifs is 2. The van der Waals surface area contributed by atoms with Crippen molar-refractivity contribution in [1.82, 2.24) is 15.0 Å². The van der Waals surface area contributed by atoms with Crippen molar-refractivity contribution in [2.75, 3.05) is 63.0 Å². The smallest absolute Gasteiger partial charge is 0.229 e. The van der Waals surface area contributed by atoms with Crippen LogP contribution in [0, 0.1) is 0 Å². The summed E-state index contributed by atoms with van der Waals surface area (Å²) in [5.74, 6) is 2.17. The fourth-order valence-electron chi connectivity index (χ4n) is 5.28. The van der Waals surface area contributed by atoms with Crippen molar-refractivity contribution in [3.05, 3.63) is 35.9 Å². The lowest BCUT2D eigenvalue weighted by molar-refractivity contribution is 0.0220. The maximum atomic E-state index is 9.79. The van der Waals surface area contributed by atoms with Crippen LogP contribution >= 0.6 is 0 Å². The first-order valence-corrected chi connectivity index (χ1v) is 12.4. The number of aromatic nitrogens is 3. The molecule has 36 heavy (non-hydrogen) atoms. The number of pyridine rings is 1. The molecule has 0 saturated carbocycles. The average molecular weight is 494 g/mol. The lowest BCUT2D eigenvalue weighted by atomic mass is 10.1. The first-order chi connectivity index (χ1) is 17.7. The fourth-order valence-corrected chi connectivity index (χ4v) is 5.28. The van der Waals surface area contributed by atoms with Gasteiger partial charge in [-0.05, 0) is 37.3 Å². The minimum absolute atomic E-state index is 0.0271. The van der Waals surface area contributed by atoms with Crippen LogP contribution in [0.3, 0.4) is 0 Å². The summed E-state index contributed by atoms with van der Waals surface area (Å²) in [6, 6.07) is 10.0. The Morgan fingerprint density at radius 2 is 1.89 bits per heavy atom. The molecule has 3 atom stereocenters. The van der Waals surface area contributed by atoms with E-state index in [1.165, 1.54) is 0 Å². The van der Waals surface area contributed by atoms with Crippen molar-refractivity contribution in [1.29, 1.82) is 0 Å². The van der Waals surface area contributed by atoms with Crippen LogP contribution in [-0.2, 0) is 20.8 Å². The molecule has 0 bridgehead atoms. The van der Waals surface area contributed by atoms with E-state index in [1.54, 1.807) is 7.11 Å². The van der Waals surface area contributed by atoms with E-state index in [9.17, 15) is 5.11 Å². The summed E-state index contributed by atoms with van der Waals surface area (Å²) in [5, 5.41) is 10.7.